The molecule has 162 valence electrons. The van der Waals surface area contributed by atoms with Gasteiger partial charge in [0.15, 0.2) is 0 Å². The van der Waals surface area contributed by atoms with E-state index in [0.29, 0.717) is 0 Å². The third-order valence-electron chi connectivity index (χ3n) is 7.47. The van der Waals surface area contributed by atoms with E-state index in [4.69, 9.17) is 4.74 Å². The van der Waals surface area contributed by atoms with Gasteiger partial charge in [0.1, 0.15) is 5.75 Å². The maximum Gasteiger partial charge on any atom is 0.119 e. The molecule has 0 N–H and O–H groups in total. The topological polar surface area (TPSA) is 9.23 Å². The average molecular weight is 397 g/mol. The number of hydrogen-bond acceptors (Lipinski definition) is 1. The van der Waals surface area contributed by atoms with Crippen LogP contribution in [0.25, 0.3) is 0 Å². The molecule has 2 aliphatic rings. The molecule has 0 aliphatic heterocycles. The first-order chi connectivity index (χ1) is 14.3. The monoisotopic (exact) mass is 396 g/mol. The number of hydrogen-bond donors (Lipinski definition) is 0. The first kappa shape index (κ1) is 22.4. The predicted molar refractivity (Wildman–Crippen MR) is 126 cm³/mol. The maximum atomic E-state index is 5.92. The second-order valence-electron chi connectivity index (χ2n) is 9.69. The van der Waals surface area contributed by atoms with E-state index in [9.17, 15) is 0 Å². The minimum atomic E-state index is 0.739. The van der Waals surface area contributed by atoms with Crippen LogP contribution in [-0.2, 0) is 0 Å². The van der Waals surface area contributed by atoms with Gasteiger partial charge in [0, 0.05) is 0 Å². The van der Waals surface area contributed by atoms with Gasteiger partial charge in [0.05, 0.1) is 6.61 Å². The van der Waals surface area contributed by atoms with Crippen molar-refractivity contribution in [2.75, 3.05) is 6.61 Å². The van der Waals surface area contributed by atoms with Gasteiger partial charge in [0.2, 0.25) is 0 Å². The van der Waals surface area contributed by atoms with E-state index in [2.05, 4.69) is 50.3 Å². The highest BCUT2D eigenvalue weighted by atomic mass is 16.5. The quantitative estimate of drug-likeness (QED) is 0.268. The standard InChI is InChI=1S/C28H44O/c1-3-5-10-23-13-15-25(16-14-23)28(22-24-11-8-7-9-12-24)26-17-19-27(20-18-26)29-21-6-4-2/h7-8,17-20,23-25,28H,3-6,9-16,21-22H2,1-2H3. The smallest absolute Gasteiger partial charge is 0.119 e. The van der Waals surface area contributed by atoms with Crippen LogP contribution in [-0.4, -0.2) is 6.61 Å². The molecule has 2 aliphatic carbocycles. The minimum Gasteiger partial charge on any atom is -0.494 e. The second-order valence-corrected chi connectivity index (χ2v) is 9.69. The van der Waals surface area contributed by atoms with Crippen molar-refractivity contribution in [2.24, 2.45) is 17.8 Å². The molecule has 3 rings (SSSR count). The lowest BCUT2D eigenvalue weighted by Gasteiger charge is -2.36. The average Bonchev–Trinajstić information content (AvgIpc) is 2.78. The molecule has 0 aromatic heterocycles. The van der Waals surface area contributed by atoms with E-state index in [0.717, 1.165) is 42.4 Å². The van der Waals surface area contributed by atoms with Crippen molar-refractivity contribution in [1.29, 1.82) is 0 Å². The summed E-state index contributed by atoms with van der Waals surface area (Å²) in [5.41, 5.74) is 1.57. The Labute approximate surface area is 180 Å². The largest absolute Gasteiger partial charge is 0.494 e. The van der Waals surface area contributed by atoms with Gasteiger partial charge in [-0.3, -0.25) is 0 Å². The van der Waals surface area contributed by atoms with Crippen molar-refractivity contribution in [1.82, 2.24) is 0 Å². The summed E-state index contributed by atoms with van der Waals surface area (Å²) in [5, 5.41) is 0. The van der Waals surface area contributed by atoms with Crippen molar-refractivity contribution < 1.29 is 4.74 Å². The number of ether oxygens (including phenoxy) is 1. The van der Waals surface area contributed by atoms with Crippen molar-refractivity contribution in [2.45, 2.75) is 103 Å². The van der Waals surface area contributed by atoms with Gasteiger partial charge in [-0.15, -0.1) is 0 Å². The van der Waals surface area contributed by atoms with Crippen LogP contribution in [0, 0.1) is 17.8 Å². The Morgan fingerprint density at radius 3 is 2.28 bits per heavy atom. The highest BCUT2D eigenvalue weighted by molar-refractivity contribution is 5.30. The molecule has 0 amide bonds. The fourth-order valence-electron chi connectivity index (χ4n) is 5.55. The Morgan fingerprint density at radius 1 is 0.862 bits per heavy atom. The molecule has 2 unspecified atom stereocenters. The SMILES string of the molecule is CCCCOc1ccc(C(CC2CC=CCC2)C2CCC(CCCC)CC2)cc1. The van der Waals surface area contributed by atoms with Gasteiger partial charge in [-0.1, -0.05) is 76.7 Å². The zero-order chi connectivity index (χ0) is 20.3. The van der Waals surface area contributed by atoms with Crippen LogP contribution in [0.2, 0.25) is 0 Å². The van der Waals surface area contributed by atoms with E-state index in [-0.39, 0.29) is 0 Å². The minimum absolute atomic E-state index is 0.739. The first-order valence-electron chi connectivity index (χ1n) is 12.7. The molecule has 1 fully saturated rings. The molecule has 0 bridgehead atoms. The molecular formula is C28H44O. The summed E-state index contributed by atoms with van der Waals surface area (Å²) in [6.07, 6.45) is 22.5. The van der Waals surface area contributed by atoms with Gasteiger partial charge in [0.25, 0.3) is 0 Å². The lowest BCUT2D eigenvalue weighted by molar-refractivity contribution is 0.210. The Hall–Kier alpha value is -1.24. The van der Waals surface area contributed by atoms with E-state index >= 15 is 0 Å². The fourth-order valence-corrected chi connectivity index (χ4v) is 5.55. The maximum absolute atomic E-state index is 5.92. The first-order valence-corrected chi connectivity index (χ1v) is 12.7. The number of benzene rings is 1. The van der Waals surface area contributed by atoms with Gasteiger partial charge < -0.3 is 4.74 Å². The van der Waals surface area contributed by atoms with Crippen LogP contribution in [0.15, 0.2) is 36.4 Å². The summed E-state index contributed by atoms with van der Waals surface area (Å²) in [5.74, 6) is 4.54. The molecule has 0 saturated heterocycles. The molecule has 0 radical (unpaired) electrons. The Morgan fingerprint density at radius 2 is 1.62 bits per heavy atom. The van der Waals surface area contributed by atoms with Gasteiger partial charge >= 0.3 is 0 Å². The van der Waals surface area contributed by atoms with Crippen molar-refractivity contribution in [3.8, 4) is 5.75 Å². The third kappa shape index (κ3) is 7.19. The van der Waals surface area contributed by atoms with Crippen molar-refractivity contribution in [3.63, 3.8) is 0 Å². The van der Waals surface area contributed by atoms with Crippen LogP contribution < -0.4 is 4.74 Å². The Balaban J connectivity index is 1.64. The molecule has 1 nitrogen and oxygen atoms in total. The van der Waals surface area contributed by atoms with Gasteiger partial charge in [-0.25, -0.2) is 0 Å². The van der Waals surface area contributed by atoms with Crippen LogP contribution in [0.1, 0.15) is 109 Å². The number of rotatable bonds is 11. The third-order valence-corrected chi connectivity index (χ3v) is 7.47. The Kier molecular flexibility index (Phi) is 9.64. The highest BCUT2D eigenvalue weighted by Crippen LogP contribution is 2.44. The summed E-state index contributed by atoms with van der Waals surface area (Å²) >= 11 is 0. The van der Waals surface area contributed by atoms with Crippen LogP contribution in [0.4, 0.5) is 0 Å². The Bertz CT molecular complexity index is 579. The van der Waals surface area contributed by atoms with Crippen LogP contribution in [0.5, 0.6) is 5.75 Å². The summed E-state index contributed by atoms with van der Waals surface area (Å²) in [6, 6.07) is 9.22. The van der Waals surface area contributed by atoms with E-state index in [1.54, 1.807) is 5.56 Å². The molecule has 1 aromatic carbocycles. The normalized spacial score (nSPS) is 25.7. The van der Waals surface area contributed by atoms with Gasteiger partial charge in [-0.05, 0) is 86.3 Å². The van der Waals surface area contributed by atoms with E-state index < -0.39 is 0 Å². The molecule has 1 heteroatoms. The molecule has 1 saturated carbocycles. The van der Waals surface area contributed by atoms with Crippen molar-refractivity contribution in [3.05, 3.63) is 42.0 Å². The molecule has 0 heterocycles. The second kappa shape index (κ2) is 12.5. The summed E-state index contributed by atoms with van der Waals surface area (Å²) in [7, 11) is 0. The number of unbranched alkanes of at least 4 members (excludes halogenated alkanes) is 2. The zero-order valence-electron chi connectivity index (χ0n) is 19.1. The summed E-state index contributed by atoms with van der Waals surface area (Å²) in [4.78, 5) is 0. The lowest BCUT2D eigenvalue weighted by Crippen LogP contribution is -2.23. The van der Waals surface area contributed by atoms with Crippen LogP contribution in [0.3, 0.4) is 0 Å². The molecule has 29 heavy (non-hydrogen) atoms. The zero-order valence-corrected chi connectivity index (χ0v) is 19.1. The van der Waals surface area contributed by atoms with E-state index in [1.807, 2.05) is 0 Å². The van der Waals surface area contributed by atoms with Crippen LogP contribution >= 0.6 is 0 Å². The van der Waals surface area contributed by atoms with Crippen molar-refractivity contribution >= 4 is 0 Å². The highest BCUT2D eigenvalue weighted by Gasteiger charge is 2.30. The van der Waals surface area contributed by atoms with Gasteiger partial charge in [-0.2, -0.15) is 0 Å². The summed E-state index contributed by atoms with van der Waals surface area (Å²) < 4.78 is 5.92. The fraction of sp³-hybridized carbons (Fsp3) is 0.714. The number of allylic oxidation sites excluding steroid dienone is 2. The summed E-state index contributed by atoms with van der Waals surface area (Å²) in [6.45, 7) is 5.39. The predicted octanol–water partition coefficient (Wildman–Crippen LogP) is 8.69. The lowest BCUT2D eigenvalue weighted by atomic mass is 9.69. The molecule has 2 atom stereocenters. The molecule has 1 aromatic rings. The van der Waals surface area contributed by atoms with E-state index in [1.165, 1.54) is 77.0 Å². The molecule has 0 spiro atoms. The molecular weight excluding hydrogens is 352 g/mol.